The molecule has 0 aromatic heterocycles. The van der Waals surface area contributed by atoms with Crippen molar-refractivity contribution in [1.29, 1.82) is 0 Å². The number of amides is 1. The minimum absolute atomic E-state index is 0.0688. The summed E-state index contributed by atoms with van der Waals surface area (Å²) in [6.45, 7) is 5.35. The smallest absolute Gasteiger partial charge is 0.240 e. The minimum Gasteiger partial charge on any atom is -0.493 e. The lowest BCUT2D eigenvalue weighted by atomic mass is 10.1. The number of carbonyl (C=O) groups excluding carboxylic acids is 1. The van der Waals surface area contributed by atoms with E-state index in [4.69, 9.17) is 16.3 Å². The van der Waals surface area contributed by atoms with Crippen molar-refractivity contribution in [1.82, 2.24) is 10.3 Å². The van der Waals surface area contributed by atoms with Crippen LogP contribution in [0.5, 0.6) is 5.75 Å². The monoisotopic (exact) mass is 413 g/mol. The molecule has 29 heavy (non-hydrogen) atoms. The van der Waals surface area contributed by atoms with Gasteiger partial charge in [-0.3, -0.25) is 9.69 Å². The molecule has 0 aliphatic carbocycles. The van der Waals surface area contributed by atoms with Crippen LogP contribution in [0.1, 0.15) is 36.8 Å². The van der Waals surface area contributed by atoms with E-state index in [1.165, 1.54) is 5.56 Å². The van der Waals surface area contributed by atoms with Crippen LogP contribution in [0.4, 0.5) is 0 Å². The number of rotatable bonds is 8. The Labute approximate surface area is 177 Å². The molecule has 1 fully saturated rings. The number of hydrogen-bond donors (Lipinski definition) is 1. The Kier molecular flexibility index (Phi) is 8.08. The number of carbonyl (C=O) groups is 1. The number of halogens is 1. The summed E-state index contributed by atoms with van der Waals surface area (Å²) in [6, 6.07) is 16.0. The van der Waals surface area contributed by atoms with E-state index in [0.717, 1.165) is 49.5 Å². The molecule has 0 unspecified atom stereocenters. The maximum Gasteiger partial charge on any atom is 0.240 e. The zero-order valence-electron chi connectivity index (χ0n) is 16.9. The van der Waals surface area contributed by atoms with Crippen LogP contribution < -0.4 is 10.2 Å². The van der Waals surface area contributed by atoms with Gasteiger partial charge in [0.15, 0.2) is 0 Å². The molecule has 2 aromatic carbocycles. The van der Waals surface area contributed by atoms with Crippen LogP contribution in [0, 0.1) is 6.92 Å². The van der Waals surface area contributed by atoms with Crippen molar-refractivity contribution in [2.24, 2.45) is 5.10 Å². The molecule has 1 heterocycles. The number of ether oxygens (including phenoxy) is 1. The normalized spacial score (nSPS) is 14.5. The molecule has 1 saturated heterocycles. The van der Waals surface area contributed by atoms with Crippen molar-refractivity contribution in [2.45, 2.75) is 39.2 Å². The van der Waals surface area contributed by atoms with Gasteiger partial charge in [-0.05, 0) is 42.7 Å². The van der Waals surface area contributed by atoms with Crippen LogP contribution in [0.3, 0.4) is 0 Å². The van der Waals surface area contributed by atoms with Gasteiger partial charge >= 0.3 is 0 Å². The molecule has 5 nitrogen and oxygen atoms in total. The second-order valence-electron chi connectivity index (χ2n) is 7.34. The van der Waals surface area contributed by atoms with Gasteiger partial charge in [0, 0.05) is 49.6 Å². The van der Waals surface area contributed by atoms with Gasteiger partial charge < -0.3 is 4.74 Å². The first-order chi connectivity index (χ1) is 14.1. The Morgan fingerprint density at radius 1 is 1.17 bits per heavy atom. The van der Waals surface area contributed by atoms with Crippen LogP contribution in [0.15, 0.2) is 53.6 Å². The fraction of sp³-hybridized carbons (Fsp3) is 0.391. The van der Waals surface area contributed by atoms with E-state index < -0.39 is 0 Å². The zero-order chi connectivity index (χ0) is 20.5. The number of hydrazone groups is 1. The molecular formula is C23H28ClN3O2. The van der Waals surface area contributed by atoms with E-state index in [2.05, 4.69) is 39.7 Å². The number of hydrogen-bond acceptors (Lipinski definition) is 4. The first kappa shape index (κ1) is 21.3. The molecule has 6 heteroatoms. The summed E-state index contributed by atoms with van der Waals surface area (Å²) in [6.07, 6.45) is 2.82. The minimum atomic E-state index is -0.0688. The van der Waals surface area contributed by atoms with Gasteiger partial charge in [-0.1, -0.05) is 41.9 Å². The molecule has 2 aromatic rings. The third-order valence-corrected chi connectivity index (χ3v) is 5.20. The Morgan fingerprint density at radius 2 is 1.93 bits per heavy atom. The summed E-state index contributed by atoms with van der Waals surface area (Å²) in [5, 5.41) is 5.01. The molecule has 154 valence electrons. The van der Waals surface area contributed by atoms with Crippen molar-refractivity contribution >= 4 is 23.2 Å². The first-order valence-corrected chi connectivity index (χ1v) is 10.5. The fourth-order valence-electron chi connectivity index (χ4n) is 3.31. The predicted molar refractivity (Wildman–Crippen MR) is 117 cm³/mol. The van der Waals surface area contributed by atoms with Crippen LogP contribution in [-0.4, -0.2) is 36.2 Å². The van der Waals surface area contributed by atoms with Crippen LogP contribution in [0.2, 0.25) is 5.02 Å². The number of benzene rings is 2. The zero-order valence-corrected chi connectivity index (χ0v) is 17.6. The Hall–Kier alpha value is -2.37. The van der Waals surface area contributed by atoms with Crippen LogP contribution in [0.25, 0.3) is 0 Å². The van der Waals surface area contributed by atoms with Crippen molar-refractivity contribution in [3.8, 4) is 5.75 Å². The van der Waals surface area contributed by atoms with E-state index in [1.54, 1.807) is 6.07 Å². The number of piperidine rings is 1. The third kappa shape index (κ3) is 7.18. The first-order valence-electron chi connectivity index (χ1n) is 10.1. The molecule has 1 aliphatic heterocycles. The standard InChI is InChI=1S/C23H28ClN3O2/c1-18-16-20(24)9-10-22(18)29-15-5-8-23(28)26-25-21-11-13-27(14-12-21)17-19-6-3-2-4-7-19/h2-4,6-7,9-10,16H,5,8,11-15,17H2,1H3,(H,26,28). The Bertz CT molecular complexity index is 829. The molecule has 0 saturated carbocycles. The third-order valence-electron chi connectivity index (χ3n) is 4.96. The van der Waals surface area contributed by atoms with E-state index in [1.807, 2.05) is 25.1 Å². The summed E-state index contributed by atoms with van der Waals surface area (Å²) in [7, 11) is 0. The lowest BCUT2D eigenvalue weighted by Crippen LogP contribution is -2.34. The highest BCUT2D eigenvalue weighted by atomic mass is 35.5. The number of aryl methyl sites for hydroxylation is 1. The van der Waals surface area contributed by atoms with Crippen LogP contribution >= 0.6 is 11.6 Å². The molecular weight excluding hydrogens is 386 g/mol. The Morgan fingerprint density at radius 3 is 2.66 bits per heavy atom. The van der Waals surface area contributed by atoms with Gasteiger partial charge in [-0.15, -0.1) is 0 Å². The average Bonchev–Trinajstić information content (AvgIpc) is 2.73. The van der Waals surface area contributed by atoms with Gasteiger partial charge in [0.25, 0.3) is 0 Å². The van der Waals surface area contributed by atoms with Gasteiger partial charge in [-0.25, -0.2) is 5.43 Å². The number of nitrogens with one attached hydrogen (secondary N) is 1. The van der Waals surface area contributed by atoms with Crippen molar-refractivity contribution in [2.75, 3.05) is 19.7 Å². The molecule has 0 radical (unpaired) electrons. The largest absolute Gasteiger partial charge is 0.493 e. The van der Waals surface area contributed by atoms with E-state index in [0.29, 0.717) is 24.5 Å². The van der Waals surface area contributed by atoms with Gasteiger partial charge in [0.1, 0.15) is 5.75 Å². The van der Waals surface area contributed by atoms with Crippen molar-refractivity contribution < 1.29 is 9.53 Å². The van der Waals surface area contributed by atoms with Crippen LogP contribution in [-0.2, 0) is 11.3 Å². The van der Waals surface area contributed by atoms with E-state index in [-0.39, 0.29) is 5.91 Å². The Balaban J connectivity index is 1.31. The fourth-order valence-corrected chi connectivity index (χ4v) is 3.54. The van der Waals surface area contributed by atoms with Gasteiger partial charge in [-0.2, -0.15) is 5.10 Å². The second kappa shape index (κ2) is 11.0. The molecule has 0 bridgehead atoms. The van der Waals surface area contributed by atoms with E-state index in [9.17, 15) is 4.79 Å². The lowest BCUT2D eigenvalue weighted by Gasteiger charge is -2.27. The van der Waals surface area contributed by atoms with Crippen molar-refractivity contribution in [3.05, 3.63) is 64.7 Å². The number of likely N-dealkylation sites (tertiary alicyclic amines) is 1. The molecule has 1 N–H and O–H groups in total. The molecule has 1 amide bonds. The highest BCUT2D eigenvalue weighted by Gasteiger charge is 2.15. The summed E-state index contributed by atoms with van der Waals surface area (Å²) < 4.78 is 5.72. The average molecular weight is 414 g/mol. The summed E-state index contributed by atoms with van der Waals surface area (Å²) in [4.78, 5) is 14.4. The summed E-state index contributed by atoms with van der Waals surface area (Å²) in [5.74, 6) is 0.734. The second-order valence-corrected chi connectivity index (χ2v) is 7.77. The van der Waals surface area contributed by atoms with E-state index >= 15 is 0 Å². The highest BCUT2D eigenvalue weighted by Crippen LogP contribution is 2.21. The quantitative estimate of drug-likeness (QED) is 0.509. The maximum absolute atomic E-state index is 12.0. The lowest BCUT2D eigenvalue weighted by molar-refractivity contribution is -0.121. The maximum atomic E-state index is 12.0. The summed E-state index contributed by atoms with van der Waals surface area (Å²) in [5.41, 5.74) is 6.08. The summed E-state index contributed by atoms with van der Waals surface area (Å²) >= 11 is 5.94. The predicted octanol–water partition coefficient (Wildman–Crippen LogP) is 4.58. The van der Waals surface area contributed by atoms with Gasteiger partial charge in [0.05, 0.1) is 6.61 Å². The number of nitrogens with zero attached hydrogens (tertiary/aromatic N) is 2. The molecule has 3 rings (SSSR count). The molecule has 0 atom stereocenters. The molecule has 0 spiro atoms. The van der Waals surface area contributed by atoms with Gasteiger partial charge in [0.2, 0.25) is 5.91 Å². The SMILES string of the molecule is Cc1cc(Cl)ccc1OCCCC(=O)NN=C1CCN(Cc2ccccc2)CC1. The molecule has 1 aliphatic rings. The topological polar surface area (TPSA) is 53.9 Å². The highest BCUT2D eigenvalue weighted by molar-refractivity contribution is 6.30. The van der Waals surface area contributed by atoms with Crippen molar-refractivity contribution in [3.63, 3.8) is 0 Å².